The van der Waals surface area contributed by atoms with Crippen molar-refractivity contribution in [3.05, 3.63) is 70.8 Å². The van der Waals surface area contributed by atoms with E-state index in [0.717, 1.165) is 12.0 Å². The van der Waals surface area contributed by atoms with Crippen molar-refractivity contribution in [2.75, 3.05) is 0 Å². The summed E-state index contributed by atoms with van der Waals surface area (Å²) in [7, 11) is 0. The zero-order valence-corrected chi connectivity index (χ0v) is 15.5. The molecule has 0 fully saturated rings. The van der Waals surface area contributed by atoms with E-state index in [1.807, 2.05) is 12.1 Å². The van der Waals surface area contributed by atoms with Gasteiger partial charge in [0.1, 0.15) is 0 Å². The highest BCUT2D eigenvalue weighted by molar-refractivity contribution is 6.32. The summed E-state index contributed by atoms with van der Waals surface area (Å²) >= 11 is 0. The molecule has 0 heterocycles. The fourth-order valence-electron chi connectivity index (χ4n) is 3.35. The second kappa shape index (κ2) is 6.20. The number of hydrogen-bond acceptors (Lipinski definition) is 4. The van der Waals surface area contributed by atoms with Crippen LogP contribution in [-0.2, 0) is 20.5 Å². The molecular weight excluding hydrogens is 328 g/mol. The number of carbonyl (C=O) groups excluding carboxylic acids is 3. The molecule has 3 rings (SSSR count). The monoisotopic (exact) mass is 350 g/mol. The largest absolute Gasteiger partial charge is 0.437 e. The minimum Gasteiger partial charge on any atom is -0.437 e. The van der Waals surface area contributed by atoms with Crippen LogP contribution in [0.2, 0.25) is 0 Å². The Balaban J connectivity index is 2.24. The molecule has 0 aliphatic heterocycles. The molecule has 1 aliphatic carbocycles. The van der Waals surface area contributed by atoms with Gasteiger partial charge in [0.15, 0.2) is 0 Å². The van der Waals surface area contributed by atoms with Crippen LogP contribution >= 0.6 is 0 Å². The Morgan fingerprint density at radius 2 is 1.58 bits per heavy atom. The highest BCUT2D eigenvalue weighted by Gasteiger charge is 2.57. The molecule has 0 radical (unpaired) electrons. The number of esters is 1. The van der Waals surface area contributed by atoms with Gasteiger partial charge in [-0.25, -0.2) is 0 Å². The first-order valence-corrected chi connectivity index (χ1v) is 8.73. The number of ketones is 2. The van der Waals surface area contributed by atoms with Gasteiger partial charge in [0.25, 0.3) is 5.60 Å². The molecule has 0 spiro atoms. The van der Waals surface area contributed by atoms with Crippen LogP contribution < -0.4 is 0 Å². The van der Waals surface area contributed by atoms with E-state index in [0.29, 0.717) is 16.7 Å². The van der Waals surface area contributed by atoms with Gasteiger partial charge in [-0.2, -0.15) is 0 Å². The van der Waals surface area contributed by atoms with E-state index < -0.39 is 23.1 Å². The van der Waals surface area contributed by atoms with Gasteiger partial charge in [-0.05, 0) is 17.4 Å². The van der Waals surface area contributed by atoms with E-state index in [-0.39, 0.29) is 5.41 Å². The van der Waals surface area contributed by atoms with Gasteiger partial charge >= 0.3 is 5.97 Å². The zero-order valence-electron chi connectivity index (χ0n) is 15.5. The van der Waals surface area contributed by atoms with Gasteiger partial charge in [-0.3, -0.25) is 14.4 Å². The molecule has 4 heteroatoms. The number of Topliss-reactive ketones (excluding diaryl/α,β-unsaturated/α-hetero) is 2. The number of ether oxygens (including phenoxy) is 1. The Kier molecular flexibility index (Phi) is 4.31. The molecule has 0 atom stereocenters. The molecule has 26 heavy (non-hydrogen) atoms. The summed E-state index contributed by atoms with van der Waals surface area (Å²) in [6.07, 6.45) is 0.888. The smallest absolute Gasteiger partial charge is 0.304 e. The zero-order chi connectivity index (χ0) is 19.1. The first kappa shape index (κ1) is 18.1. The highest BCUT2D eigenvalue weighted by atomic mass is 16.6. The van der Waals surface area contributed by atoms with Crippen molar-refractivity contribution in [2.45, 2.75) is 45.1 Å². The predicted octanol–water partition coefficient (Wildman–Crippen LogP) is 4.21. The van der Waals surface area contributed by atoms with Crippen LogP contribution in [0, 0.1) is 0 Å². The minimum absolute atomic E-state index is 0.134. The third-order valence-corrected chi connectivity index (χ3v) is 5.29. The first-order valence-electron chi connectivity index (χ1n) is 8.73. The molecule has 134 valence electrons. The fourth-order valence-corrected chi connectivity index (χ4v) is 3.35. The Morgan fingerprint density at radius 1 is 1.00 bits per heavy atom. The lowest BCUT2D eigenvalue weighted by atomic mass is 9.79. The minimum atomic E-state index is -1.94. The van der Waals surface area contributed by atoms with Crippen LogP contribution in [0.15, 0.2) is 48.5 Å². The van der Waals surface area contributed by atoms with Crippen LogP contribution in [0.3, 0.4) is 0 Å². The normalized spacial score (nSPS) is 15.7. The van der Waals surface area contributed by atoms with Crippen LogP contribution in [0.4, 0.5) is 0 Å². The lowest BCUT2D eigenvalue weighted by molar-refractivity contribution is -0.149. The van der Waals surface area contributed by atoms with Crippen LogP contribution in [-0.4, -0.2) is 17.5 Å². The standard InChI is InChI=1S/C22H22O4/c1-5-21(3,4)15-9-8-10-16(13-15)22(26-14(2)23)19(24)17-11-6-7-12-18(17)20(22)25/h6-13H,5H2,1-4H3. The lowest BCUT2D eigenvalue weighted by Gasteiger charge is -2.29. The number of carbonyl (C=O) groups is 3. The van der Waals surface area contributed by atoms with Crippen molar-refractivity contribution < 1.29 is 19.1 Å². The van der Waals surface area contributed by atoms with E-state index in [4.69, 9.17) is 4.74 Å². The van der Waals surface area contributed by atoms with Crippen molar-refractivity contribution in [1.29, 1.82) is 0 Å². The molecule has 2 aromatic rings. The second-order valence-corrected chi connectivity index (χ2v) is 7.30. The first-order chi connectivity index (χ1) is 12.2. The number of benzene rings is 2. The summed E-state index contributed by atoms with van der Waals surface area (Å²) in [6.45, 7) is 7.48. The average Bonchev–Trinajstić information content (AvgIpc) is 2.84. The number of hydrogen-bond donors (Lipinski definition) is 0. The Hall–Kier alpha value is -2.75. The second-order valence-electron chi connectivity index (χ2n) is 7.30. The SMILES string of the molecule is CCC(C)(C)c1cccc(C2(OC(C)=O)C(=O)c3ccccc3C2=O)c1. The molecule has 0 saturated heterocycles. The van der Waals surface area contributed by atoms with Crippen molar-refractivity contribution >= 4 is 17.5 Å². The van der Waals surface area contributed by atoms with E-state index >= 15 is 0 Å². The predicted molar refractivity (Wildman–Crippen MR) is 98.3 cm³/mol. The quantitative estimate of drug-likeness (QED) is 0.612. The molecule has 0 saturated carbocycles. The van der Waals surface area contributed by atoms with E-state index in [1.54, 1.807) is 36.4 Å². The average molecular weight is 350 g/mol. The van der Waals surface area contributed by atoms with Gasteiger partial charge in [-0.15, -0.1) is 0 Å². The molecular formula is C22H22O4. The maximum Gasteiger partial charge on any atom is 0.304 e. The summed E-state index contributed by atoms with van der Waals surface area (Å²) < 4.78 is 5.46. The number of fused-ring (bicyclic) bond motifs is 1. The molecule has 0 aromatic heterocycles. The molecule has 2 aromatic carbocycles. The van der Waals surface area contributed by atoms with E-state index in [9.17, 15) is 14.4 Å². The summed E-state index contributed by atoms with van der Waals surface area (Å²) in [4.78, 5) is 38.2. The highest BCUT2D eigenvalue weighted by Crippen LogP contribution is 2.42. The molecule has 4 nitrogen and oxygen atoms in total. The molecule has 1 aliphatic rings. The third-order valence-electron chi connectivity index (χ3n) is 5.29. The van der Waals surface area contributed by atoms with Crippen LogP contribution in [0.25, 0.3) is 0 Å². The molecule has 0 amide bonds. The maximum atomic E-state index is 13.2. The van der Waals surface area contributed by atoms with Crippen molar-refractivity contribution in [3.8, 4) is 0 Å². The Morgan fingerprint density at radius 3 is 2.08 bits per heavy atom. The lowest BCUT2D eigenvalue weighted by Crippen LogP contribution is -2.42. The third kappa shape index (κ3) is 2.57. The van der Waals surface area contributed by atoms with Gasteiger partial charge in [0.05, 0.1) is 0 Å². The topological polar surface area (TPSA) is 60.4 Å². The van der Waals surface area contributed by atoms with Crippen molar-refractivity contribution in [2.24, 2.45) is 0 Å². The van der Waals surface area contributed by atoms with Crippen LogP contribution in [0.5, 0.6) is 0 Å². The van der Waals surface area contributed by atoms with Gasteiger partial charge in [-0.1, -0.05) is 69.3 Å². The van der Waals surface area contributed by atoms with E-state index in [1.165, 1.54) is 6.92 Å². The summed E-state index contributed by atoms with van der Waals surface area (Å²) in [6, 6.07) is 13.9. The van der Waals surface area contributed by atoms with Gasteiger partial charge < -0.3 is 4.74 Å². The molecule has 0 bridgehead atoms. The Bertz CT molecular complexity index is 873. The van der Waals surface area contributed by atoms with E-state index in [2.05, 4.69) is 20.8 Å². The Labute approximate surface area is 153 Å². The summed E-state index contributed by atoms with van der Waals surface area (Å²) in [5.41, 5.74) is -0.100. The van der Waals surface area contributed by atoms with Crippen LogP contribution in [0.1, 0.15) is 66.0 Å². The fraction of sp³-hybridized carbons (Fsp3) is 0.318. The van der Waals surface area contributed by atoms with Gasteiger partial charge in [0, 0.05) is 23.6 Å². The van der Waals surface area contributed by atoms with Crippen molar-refractivity contribution in [3.63, 3.8) is 0 Å². The van der Waals surface area contributed by atoms with Crippen molar-refractivity contribution in [1.82, 2.24) is 0 Å². The number of rotatable bonds is 4. The molecule has 0 N–H and O–H groups in total. The van der Waals surface area contributed by atoms with Gasteiger partial charge in [0.2, 0.25) is 11.6 Å². The summed E-state index contributed by atoms with van der Waals surface area (Å²) in [5.74, 6) is -1.64. The summed E-state index contributed by atoms with van der Waals surface area (Å²) in [5, 5.41) is 0. The molecule has 0 unspecified atom stereocenters. The maximum absolute atomic E-state index is 13.2.